The maximum absolute atomic E-state index is 13.2. The summed E-state index contributed by atoms with van der Waals surface area (Å²) in [4.78, 5) is 44.6. The van der Waals surface area contributed by atoms with Gasteiger partial charge in [0, 0.05) is 36.5 Å². The maximum Gasteiger partial charge on any atom is 0.294 e. The molecule has 0 bridgehead atoms. The van der Waals surface area contributed by atoms with Crippen LogP contribution in [-0.2, 0) is 9.59 Å². The third kappa shape index (κ3) is 5.03. The van der Waals surface area contributed by atoms with Crippen LogP contribution < -0.4 is 10.6 Å². The van der Waals surface area contributed by atoms with Crippen LogP contribution in [-0.4, -0.2) is 40.2 Å². The third-order valence-corrected chi connectivity index (χ3v) is 7.11. The van der Waals surface area contributed by atoms with E-state index in [1.54, 1.807) is 18.2 Å². The molecule has 2 fully saturated rings. The highest BCUT2D eigenvalue weighted by Gasteiger charge is 2.33. The largest absolute Gasteiger partial charge is 0.449 e. The minimum Gasteiger partial charge on any atom is -0.449 e. The number of amides is 3. The minimum atomic E-state index is -0.515. The van der Waals surface area contributed by atoms with Gasteiger partial charge in [0.25, 0.3) is 5.91 Å². The molecule has 0 radical (unpaired) electrons. The average molecular weight is 495 g/mol. The Balaban J connectivity index is 1.30. The number of pyridine rings is 1. The first-order chi connectivity index (χ1) is 17.0. The molecule has 0 atom stereocenters. The number of likely N-dealkylation sites (tertiary alicyclic amines) is 1. The lowest BCUT2D eigenvalue weighted by Gasteiger charge is -2.38. The van der Waals surface area contributed by atoms with Gasteiger partial charge in [0.15, 0.2) is 0 Å². The number of nitrogens with one attached hydrogen (secondary N) is 2. The quantitative estimate of drug-likeness (QED) is 0.504. The second-order valence-corrected chi connectivity index (χ2v) is 9.59. The highest BCUT2D eigenvalue weighted by molar-refractivity contribution is 6.30. The van der Waals surface area contributed by atoms with Crippen LogP contribution in [0.25, 0.3) is 11.0 Å². The van der Waals surface area contributed by atoms with Crippen LogP contribution >= 0.6 is 11.6 Å². The van der Waals surface area contributed by atoms with E-state index in [0.717, 1.165) is 32.2 Å². The molecule has 35 heavy (non-hydrogen) atoms. The monoisotopic (exact) mass is 494 g/mol. The van der Waals surface area contributed by atoms with Crippen molar-refractivity contribution in [2.75, 3.05) is 17.2 Å². The van der Waals surface area contributed by atoms with Crippen LogP contribution in [0.5, 0.6) is 0 Å². The molecule has 3 aromatic rings. The summed E-state index contributed by atoms with van der Waals surface area (Å²) in [6, 6.07) is 10.6. The highest BCUT2D eigenvalue weighted by atomic mass is 35.5. The van der Waals surface area contributed by atoms with Crippen molar-refractivity contribution in [3.63, 3.8) is 0 Å². The van der Waals surface area contributed by atoms with E-state index in [1.807, 2.05) is 23.1 Å². The van der Waals surface area contributed by atoms with Gasteiger partial charge in [0.05, 0.1) is 5.02 Å². The molecule has 3 amide bonds. The molecular weight excluding hydrogens is 468 g/mol. The second kappa shape index (κ2) is 10.1. The molecule has 0 unspecified atom stereocenters. The van der Waals surface area contributed by atoms with E-state index in [4.69, 9.17) is 16.0 Å². The van der Waals surface area contributed by atoms with Crippen molar-refractivity contribution in [2.45, 2.75) is 51.0 Å². The summed E-state index contributed by atoms with van der Waals surface area (Å²) < 4.78 is 5.83. The zero-order valence-electron chi connectivity index (χ0n) is 19.3. The lowest BCUT2D eigenvalue weighted by atomic mass is 9.84. The highest BCUT2D eigenvalue weighted by Crippen LogP contribution is 2.34. The second-order valence-electron chi connectivity index (χ2n) is 9.16. The van der Waals surface area contributed by atoms with E-state index in [-0.39, 0.29) is 29.5 Å². The van der Waals surface area contributed by atoms with Gasteiger partial charge in [0.1, 0.15) is 17.1 Å². The van der Waals surface area contributed by atoms with Crippen molar-refractivity contribution < 1.29 is 18.8 Å². The molecule has 3 heterocycles. The molecule has 182 valence electrons. The molecule has 0 spiro atoms. The molecule has 9 heteroatoms. The fourth-order valence-electron chi connectivity index (χ4n) is 5.04. The molecule has 1 saturated heterocycles. The number of fused-ring (bicyclic) bond motifs is 1. The van der Waals surface area contributed by atoms with Crippen LogP contribution in [0, 0.1) is 5.92 Å². The van der Waals surface area contributed by atoms with Gasteiger partial charge >= 0.3 is 0 Å². The van der Waals surface area contributed by atoms with Gasteiger partial charge in [-0.3, -0.25) is 14.4 Å². The summed E-state index contributed by atoms with van der Waals surface area (Å²) >= 11 is 5.87. The Labute approximate surface area is 208 Å². The number of rotatable bonds is 5. The Morgan fingerprint density at radius 1 is 1.03 bits per heavy atom. The smallest absolute Gasteiger partial charge is 0.294 e. The molecule has 1 aliphatic heterocycles. The van der Waals surface area contributed by atoms with Crippen molar-refractivity contribution >= 4 is 51.8 Å². The molecule has 2 aromatic heterocycles. The third-order valence-electron chi connectivity index (χ3n) is 6.89. The number of aromatic nitrogens is 1. The molecule has 8 nitrogen and oxygen atoms in total. The molecule has 2 aliphatic rings. The zero-order chi connectivity index (χ0) is 24.4. The van der Waals surface area contributed by atoms with Crippen molar-refractivity contribution in [3.05, 3.63) is 53.4 Å². The SMILES string of the molecule is O=C(Nc1ccc(Cl)cn1)c1oc2ccccc2c1NC(=O)C1CCC(N2CCCCC2=O)CC1. The number of furan rings is 1. The van der Waals surface area contributed by atoms with E-state index < -0.39 is 5.91 Å². The fraction of sp³-hybridized carbons (Fsp3) is 0.385. The number of hydrogen-bond donors (Lipinski definition) is 2. The Kier molecular flexibility index (Phi) is 6.72. The minimum absolute atomic E-state index is 0.0175. The number of hydrogen-bond acceptors (Lipinski definition) is 5. The number of piperidine rings is 1. The predicted octanol–water partition coefficient (Wildman–Crippen LogP) is 5.24. The summed E-state index contributed by atoms with van der Waals surface area (Å²) in [5.41, 5.74) is 0.856. The number of nitrogens with zero attached hydrogens (tertiary/aromatic N) is 2. The van der Waals surface area contributed by atoms with E-state index in [9.17, 15) is 14.4 Å². The standard InChI is InChI=1S/C26H27ClN4O4/c27-17-10-13-21(28-15-17)29-26(34)24-23(19-5-1-2-6-20(19)35-24)30-25(33)16-8-11-18(12-9-16)31-14-4-3-7-22(31)32/h1-2,5-6,10,13,15-16,18H,3-4,7-9,11-12,14H2,(H,30,33)(H,28,29,34). The summed E-state index contributed by atoms with van der Waals surface area (Å²) in [5.74, 6) is -0.266. The number of para-hydroxylation sites is 1. The number of benzene rings is 1. The Bertz CT molecular complexity index is 1250. The van der Waals surface area contributed by atoms with Crippen LogP contribution in [0.1, 0.15) is 55.5 Å². The van der Waals surface area contributed by atoms with Crippen LogP contribution in [0.4, 0.5) is 11.5 Å². The van der Waals surface area contributed by atoms with Crippen molar-refractivity contribution in [1.82, 2.24) is 9.88 Å². The van der Waals surface area contributed by atoms with Gasteiger partial charge in [-0.15, -0.1) is 0 Å². The van der Waals surface area contributed by atoms with Gasteiger partial charge < -0.3 is 20.0 Å². The maximum atomic E-state index is 13.2. The zero-order valence-corrected chi connectivity index (χ0v) is 20.0. The molecule has 5 rings (SSSR count). The van der Waals surface area contributed by atoms with Crippen molar-refractivity contribution in [3.8, 4) is 0 Å². The first-order valence-corrected chi connectivity index (χ1v) is 12.4. The number of carbonyl (C=O) groups excluding carboxylic acids is 3. The lowest BCUT2D eigenvalue weighted by Crippen LogP contribution is -2.45. The normalized spacial score (nSPS) is 20.6. The van der Waals surface area contributed by atoms with E-state index in [2.05, 4.69) is 15.6 Å². The number of anilines is 2. The van der Waals surface area contributed by atoms with Crippen molar-refractivity contribution in [1.29, 1.82) is 0 Å². The van der Waals surface area contributed by atoms with Gasteiger partial charge in [-0.25, -0.2) is 4.98 Å². The Morgan fingerprint density at radius 3 is 2.57 bits per heavy atom. The van der Waals surface area contributed by atoms with Crippen LogP contribution in [0.2, 0.25) is 5.02 Å². The van der Waals surface area contributed by atoms with Gasteiger partial charge in [-0.05, 0) is 62.8 Å². The predicted molar refractivity (Wildman–Crippen MR) is 133 cm³/mol. The summed E-state index contributed by atoms with van der Waals surface area (Å²) in [7, 11) is 0. The van der Waals surface area contributed by atoms with Crippen LogP contribution in [0.3, 0.4) is 0 Å². The van der Waals surface area contributed by atoms with Gasteiger partial charge in [-0.1, -0.05) is 23.7 Å². The summed E-state index contributed by atoms with van der Waals surface area (Å²) in [5, 5.41) is 6.77. The number of carbonyl (C=O) groups is 3. The van der Waals surface area contributed by atoms with Gasteiger partial charge in [-0.2, -0.15) is 0 Å². The fourth-order valence-corrected chi connectivity index (χ4v) is 5.15. The van der Waals surface area contributed by atoms with Crippen molar-refractivity contribution in [2.24, 2.45) is 5.92 Å². The van der Waals surface area contributed by atoms with E-state index in [1.165, 1.54) is 6.20 Å². The van der Waals surface area contributed by atoms with E-state index >= 15 is 0 Å². The summed E-state index contributed by atoms with van der Waals surface area (Å²) in [6.07, 6.45) is 7.11. The molecule has 1 saturated carbocycles. The molecule has 1 aliphatic carbocycles. The number of halogens is 1. The van der Waals surface area contributed by atoms with Crippen LogP contribution in [0.15, 0.2) is 47.0 Å². The Hall–Kier alpha value is -3.39. The molecular formula is C26H27ClN4O4. The lowest BCUT2D eigenvalue weighted by molar-refractivity contribution is -0.136. The molecule has 1 aromatic carbocycles. The molecule has 2 N–H and O–H groups in total. The van der Waals surface area contributed by atoms with Gasteiger partial charge in [0.2, 0.25) is 17.6 Å². The Morgan fingerprint density at radius 2 is 1.83 bits per heavy atom. The summed E-state index contributed by atoms with van der Waals surface area (Å²) in [6.45, 7) is 0.822. The van der Waals surface area contributed by atoms with E-state index in [0.29, 0.717) is 46.8 Å². The average Bonchev–Trinajstić information content (AvgIpc) is 3.24. The first-order valence-electron chi connectivity index (χ1n) is 12.0. The topological polar surface area (TPSA) is 105 Å². The first kappa shape index (κ1) is 23.4.